The normalized spacial score (nSPS) is 16.7. The summed E-state index contributed by atoms with van der Waals surface area (Å²) in [5, 5.41) is 19.7. The molecule has 12 heteroatoms. The Balaban J connectivity index is 1.14. The van der Waals surface area contributed by atoms with Crippen LogP contribution in [0.5, 0.6) is 5.88 Å². The van der Waals surface area contributed by atoms with Crippen LogP contribution in [0.15, 0.2) is 36.4 Å². The maximum Gasteiger partial charge on any atom is 0.263 e. The van der Waals surface area contributed by atoms with E-state index in [-0.39, 0.29) is 30.0 Å². The Morgan fingerprint density at radius 1 is 1.11 bits per heavy atom. The first-order valence-corrected chi connectivity index (χ1v) is 11.9. The summed E-state index contributed by atoms with van der Waals surface area (Å²) in [6.07, 6.45) is -0.815. The second kappa shape index (κ2) is 10.5. The number of nitrogens with zero attached hydrogens (tertiary/aromatic N) is 6. The molecule has 1 aromatic carbocycles. The van der Waals surface area contributed by atoms with Gasteiger partial charge in [0.25, 0.3) is 6.43 Å². The Morgan fingerprint density at radius 2 is 1.86 bits per heavy atom. The van der Waals surface area contributed by atoms with E-state index in [2.05, 4.69) is 25.8 Å². The number of alkyl halides is 2. The number of ether oxygens (including phenoxy) is 2. The molecule has 0 saturated carbocycles. The number of carbonyl (C=O) groups excluding carboxylic acids is 1. The molecule has 0 unspecified atom stereocenters. The van der Waals surface area contributed by atoms with Crippen LogP contribution in [0, 0.1) is 12.8 Å². The first-order chi connectivity index (χ1) is 17.5. The molecule has 0 spiro atoms. The van der Waals surface area contributed by atoms with Crippen molar-refractivity contribution >= 4 is 11.7 Å². The molecule has 3 aromatic rings. The van der Waals surface area contributed by atoms with Crippen LogP contribution in [0.25, 0.3) is 5.69 Å². The second-order valence-corrected chi connectivity index (χ2v) is 8.94. The van der Waals surface area contributed by atoms with Crippen molar-refractivity contribution in [3.8, 4) is 11.6 Å². The largest absolute Gasteiger partial charge is 0.470 e. The van der Waals surface area contributed by atoms with E-state index in [1.807, 2.05) is 4.90 Å². The summed E-state index contributed by atoms with van der Waals surface area (Å²) in [5.41, 5.74) is 1.88. The van der Waals surface area contributed by atoms with Crippen molar-refractivity contribution in [3.05, 3.63) is 53.3 Å². The van der Waals surface area contributed by atoms with Crippen LogP contribution in [-0.4, -0.2) is 63.4 Å². The molecule has 1 amide bonds. The summed E-state index contributed by atoms with van der Waals surface area (Å²) in [6, 6.07) is 9.58. The quantitative estimate of drug-likeness (QED) is 0.504. The van der Waals surface area contributed by atoms with Gasteiger partial charge in [-0.15, -0.1) is 15.3 Å². The number of carbonyl (C=O) groups is 1. The number of rotatable bonds is 8. The number of nitrogens with one attached hydrogen (secondary N) is 1. The molecule has 2 aliphatic heterocycles. The van der Waals surface area contributed by atoms with Gasteiger partial charge < -0.3 is 19.7 Å². The molecule has 2 saturated heterocycles. The number of hydrogen-bond donors (Lipinski definition) is 1. The third kappa shape index (κ3) is 5.27. The van der Waals surface area contributed by atoms with Gasteiger partial charge in [-0.1, -0.05) is 17.3 Å². The first kappa shape index (κ1) is 24.0. The third-order valence-corrected chi connectivity index (χ3v) is 6.47. The van der Waals surface area contributed by atoms with Crippen LogP contribution in [0.4, 0.5) is 14.6 Å². The molecule has 0 atom stereocenters. The van der Waals surface area contributed by atoms with E-state index < -0.39 is 6.43 Å². The van der Waals surface area contributed by atoms with Gasteiger partial charge in [0.2, 0.25) is 11.8 Å². The summed E-state index contributed by atoms with van der Waals surface area (Å²) in [5.74, 6) is 1.03. The lowest BCUT2D eigenvalue weighted by atomic mass is 9.98. The van der Waals surface area contributed by atoms with Crippen molar-refractivity contribution in [1.29, 1.82) is 0 Å². The monoisotopic (exact) mass is 499 g/mol. The summed E-state index contributed by atoms with van der Waals surface area (Å²) >= 11 is 0. The molecule has 0 aliphatic carbocycles. The molecule has 36 heavy (non-hydrogen) atoms. The molecule has 190 valence electrons. The van der Waals surface area contributed by atoms with Gasteiger partial charge in [0, 0.05) is 44.0 Å². The minimum Gasteiger partial charge on any atom is -0.470 e. The van der Waals surface area contributed by atoms with Gasteiger partial charge in [0.1, 0.15) is 12.3 Å². The fourth-order valence-electron chi connectivity index (χ4n) is 4.20. The van der Waals surface area contributed by atoms with Crippen molar-refractivity contribution in [2.45, 2.75) is 38.8 Å². The maximum atomic E-state index is 12.8. The highest BCUT2D eigenvalue weighted by atomic mass is 19.3. The number of benzene rings is 1. The number of amides is 1. The smallest absolute Gasteiger partial charge is 0.263 e. The van der Waals surface area contributed by atoms with Gasteiger partial charge >= 0.3 is 0 Å². The van der Waals surface area contributed by atoms with Gasteiger partial charge in [-0.3, -0.25) is 4.79 Å². The minimum absolute atomic E-state index is 0.0581. The number of halogens is 2. The second-order valence-electron chi connectivity index (χ2n) is 8.94. The van der Waals surface area contributed by atoms with E-state index in [0.29, 0.717) is 55.1 Å². The molecular weight excluding hydrogens is 472 g/mol. The Hall–Kier alpha value is -3.67. The van der Waals surface area contributed by atoms with Crippen molar-refractivity contribution in [1.82, 2.24) is 30.5 Å². The lowest BCUT2D eigenvalue weighted by molar-refractivity contribution is -0.127. The van der Waals surface area contributed by atoms with Crippen molar-refractivity contribution < 1.29 is 23.0 Å². The highest BCUT2D eigenvalue weighted by Crippen LogP contribution is 2.25. The van der Waals surface area contributed by atoms with Crippen LogP contribution < -0.4 is 15.0 Å². The van der Waals surface area contributed by atoms with Crippen LogP contribution in [0.2, 0.25) is 0 Å². The summed E-state index contributed by atoms with van der Waals surface area (Å²) in [4.78, 5) is 14.4. The molecule has 4 heterocycles. The summed E-state index contributed by atoms with van der Waals surface area (Å²) < 4.78 is 38.4. The Morgan fingerprint density at radius 3 is 2.53 bits per heavy atom. The Bertz CT molecular complexity index is 1180. The predicted octanol–water partition coefficient (Wildman–Crippen LogP) is 2.61. The molecule has 10 nitrogen and oxygen atoms in total. The highest BCUT2D eigenvalue weighted by Gasteiger charge is 2.34. The molecule has 5 rings (SSSR count). The lowest BCUT2D eigenvalue weighted by Crippen LogP contribution is -2.56. The first-order valence-electron chi connectivity index (χ1n) is 11.9. The van der Waals surface area contributed by atoms with Crippen molar-refractivity contribution in [2.75, 3.05) is 31.2 Å². The number of hydrogen-bond acceptors (Lipinski definition) is 8. The molecule has 0 radical (unpaired) electrons. The molecule has 0 bridgehead atoms. The third-order valence-electron chi connectivity index (χ3n) is 6.47. The Labute approximate surface area is 206 Å². The van der Waals surface area contributed by atoms with E-state index >= 15 is 0 Å². The maximum absolute atomic E-state index is 12.8. The standard InChI is InChI=1S/C24H27F2N7O3/c1-15-20(33(31-28-15)19-4-2-16(3-5-19)23(25)26)14-36-22-7-6-21(29-30-22)32-12-17(13-32)24(34)27-18-8-10-35-11-9-18/h2-7,17-18,23H,8-14H2,1H3,(H,27,34). The van der Waals surface area contributed by atoms with Crippen molar-refractivity contribution in [3.63, 3.8) is 0 Å². The molecule has 2 aliphatic rings. The average molecular weight is 500 g/mol. The summed E-state index contributed by atoms with van der Waals surface area (Å²) in [6.45, 7) is 4.50. The van der Waals surface area contributed by atoms with Crippen LogP contribution >= 0.6 is 0 Å². The van der Waals surface area contributed by atoms with Gasteiger partial charge in [-0.2, -0.15) is 0 Å². The minimum atomic E-state index is -2.53. The molecular formula is C24H27F2N7O3. The van der Waals surface area contributed by atoms with E-state index in [4.69, 9.17) is 9.47 Å². The SMILES string of the molecule is Cc1nnn(-c2ccc(C(F)F)cc2)c1COc1ccc(N2CC(C(=O)NC3CCOCC3)C2)nn1. The van der Waals surface area contributed by atoms with E-state index in [0.717, 1.165) is 12.8 Å². The zero-order valence-corrected chi connectivity index (χ0v) is 19.8. The van der Waals surface area contributed by atoms with Gasteiger partial charge in [-0.25, -0.2) is 13.5 Å². The zero-order valence-electron chi connectivity index (χ0n) is 19.8. The molecule has 2 aromatic heterocycles. The fourth-order valence-corrected chi connectivity index (χ4v) is 4.20. The van der Waals surface area contributed by atoms with E-state index in [1.54, 1.807) is 35.9 Å². The predicted molar refractivity (Wildman–Crippen MR) is 125 cm³/mol. The van der Waals surface area contributed by atoms with Gasteiger partial charge in [0.15, 0.2) is 5.82 Å². The lowest BCUT2D eigenvalue weighted by Gasteiger charge is -2.39. The van der Waals surface area contributed by atoms with Gasteiger partial charge in [-0.05, 0) is 38.0 Å². The van der Waals surface area contributed by atoms with Crippen LogP contribution in [0.3, 0.4) is 0 Å². The topological polar surface area (TPSA) is 107 Å². The molecule has 1 N–H and O–H groups in total. The average Bonchev–Trinajstić information content (AvgIpc) is 3.23. The fraction of sp³-hybridized carbons (Fsp3) is 0.458. The molecule has 2 fully saturated rings. The highest BCUT2D eigenvalue weighted by molar-refractivity contribution is 5.82. The number of aromatic nitrogens is 5. The number of aryl methyl sites for hydroxylation is 1. The van der Waals surface area contributed by atoms with E-state index in [9.17, 15) is 13.6 Å². The number of anilines is 1. The van der Waals surface area contributed by atoms with Crippen LogP contribution in [0.1, 0.15) is 36.2 Å². The van der Waals surface area contributed by atoms with E-state index in [1.165, 1.54) is 12.1 Å². The summed E-state index contributed by atoms with van der Waals surface area (Å²) in [7, 11) is 0. The van der Waals surface area contributed by atoms with Crippen LogP contribution in [-0.2, 0) is 16.1 Å². The van der Waals surface area contributed by atoms with Gasteiger partial charge in [0.05, 0.1) is 17.3 Å². The Kier molecular flexibility index (Phi) is 7.03. The van der Waals surface area contributed by atoms with Crippen molar-refractivity contribution in [2.24, 2.45) is 5.92 Å². The zero-order chi connectivity index (χ0) is 25.1.